The Morgan fingerprint density at radius 1 is 0.964 bits per heavy atom. The highest BCUT2D eigenvalue weighted by Gasteiger charge is 2.30. The second kappa shape index (κ2) is 9.32. The van der Waals surface area contributed by atoms with Crippen LogP contribution in [0.2, 0.25) is 0 Å². The fraction of sp³-hybridized carbons (Fsp3) is 0.550. The minimum absolute atomic E-state index is 0.00181. The number of hydrogen-bond acceptors (Lipinski definition) is 4. The lowest BCUT2D eigenvalue weighted by Crippen LogP contribution is -2.47. The van der Waals surface area contributed by atoms with E-state index in [1.54, 1.807) is 14.1 Å². The van der Waals surface area contributed by atoms with Crippen molar-refractivity contribution < 1.29 is 14.4 Å². The Bertz CT molecular complexity index is 709. The van der Waals surface area contributed by atoms with Crippen molar-refractivity contribution >= 4 is 34.6 Å². The molecule has 8 heteroatoms. The SMILES string of the molecule is CN(C)C(=O)Sc1ccc(NC(=O)C2CCN(C(=O)N3CCCC3)CC2)cc1. The zero-order valence-corrected chi connectivity index (χ0v) is 17.3. The number of nitrogens with one attached hydrogen (secondary N) is 1. The third-order valence-corrected chi connectivity index (χ3v) is 6.25. The molecular formula is C20H28N4O3S. The molecule has 2 aliphatic heterocycles. The van der Waals surface area contributed by atoms with Crippen LogP contribution in [-0.4, -0.2) is 72.2 Å². The summed E-state index contributed by atoms with van der Waals surface area (Å²) in [4.78, 5) is 42.9. The Hall–Kier alpha value is -2.22. The van der Waals surface area contributed by atoms with Crippen molar-refractivity contribution in [2.45, 2.75) is 30.6 Å². The first kappa shape index (κ1) is 20.5. The number of likely N-dealkylation sites (tertiary alicyclic amines) is 2. The molecule has 2 saturated heterocycles. The molecule has 2 heterocycles. The first-order valence-corrected chi connectivity index (χ1v) is 10.6. The van der Waals surface area contributed by atoms with E-state index >= 15 is 0 Å². The van der Waals surface area contributed by atoms with Crippen molar-refractivity contribution in [1.82, 2.24) is 14.7 Å². The molecule has 0 saturated carbocycles. The summed E-state index contributed by atoms with van der Waals surface area (Å²) in [6.45, 7) is 2.98. The fourth-order valence-corrected chi connectivity index (χ4v) is 4.14. The van der Waals surface area contributed by atoms with Crippen LogP contribution in [0.25, 0.3) is 0 Å². The maximum absolute atomic E-state index is 12.6. The van der Waals surface area contributed by atoms with Gasteiger partial charge in [-0.1, -0.05) is 0 Å². The van der Waals surface area contributed by atoms with E-state index in [1.165, 1.54) is 4.90 Å². The molecule has 1 N–H and O–H groups in total. The molecule has 3 rings (SSSR count). The van der Waals surface area contributed by atoms with Crippen molar-refractivity contribution in [2.75, 3.05) is 45.6 Å². The molecular weight excluding hydrogens is 376 g/mol. The van der Waals surface area contributed by atoms with Crippen molar-refractivity contribution in [3.63, 3.8) is 0 Å². The number of benzene rings is 1. The number of nitrogens with zero attached hydrogens (tertiary/aromatic N) is 3. The van der Waals surface area contributed by atoms with E-state index in [9.17, 15) is 14.4 Å². The van der Waals surface area contributed by atoms with E-state index in [4.69, 9.17) is 0 Å². The Morgan fingerprint density at radius 2 is 1.54 bits per heavy atom. The van der Waals surface area contributed by atoms with Gasteiger partial charge >= 0.3 is 6.03 Å². The van der Waals surface area contributed by atoms with Crippen LogP contribution in [0.5, 0.6) is 0 Å². The summed E-state index contributed by atoms with van der Waals surface area (Å²) in [6.07, 6.45) is 3.56. The summed E-state index contributed by atoms with van der Waals surface area (Å²) in [6, 6.07) is 7.42. The average molecular weight is 405 g/mol. The number of carbonyl (C=O) groups is 3. The summed E-state index contributed by atoms with van der Waals surface area (Å²) in [7, 11) is 3.43. The highest BCUT2D eigenvalue weighted by molar-refractivity contribution is 8.13. The average Bonchev–Trinajstić information content (AvgIpc) is 3.23. The number of rotatable bonds is 3. The number of thioether (sulfide) groups is 1. The molecule has 7 nitrogen and oxygen atoms in total. The van der Waals surface area contributed by atoms with Crippen LogP contribution in [0.3, 0.4) is 0 Å². The van der Waals surface area contributed by atoms with E-state index in [-0.39, 0.29) is 23.1 Å². The normalized spacial score (nSPS) is 17.5. The molecule has 4 amide bonds. The Labute approximate surface area is 170 Å². The third kappa shape index (κ3) is 5.19. The summed E-state index contributed by atoms with van der Waals surface area (Å²) in [5.74, 6) is -0.0787. The number of amides is 4. The number of hydrogen-bond donors (Lipinski definition) is 1. The molecule has 0 aromatic heterocycles. The Kier molecular flexibility index (Phi) is 6.83. The summed E-state index contributed by atoms with van der Waals surface area (Å²) in [5.41, 5.74) is 0.724. The van der Waals surface area contributed by atoms with Gasteiger partial charge in [0, 0.05) is 56.8 Å². The highest BCUT2D eigenvalue weighted by Crippen LogP contribution is 2.24. The topological polar surface area (TPSA) is 73.0 Å². The van der Waals surface area contributed by atoms with E-state index in [0.717, 1.165) is 48.3 Å². The first-order valence-electron chi connectivity index (χ1n) is 9.78. The number of piperidine rings is 1. The van der Waals surface area contributed by atoms with E-state index in [1.807, 2.05) is 34.1 Å². The van der Waals surface area contributed by atoms with Crippen LogP contribution in [-0.2, 0) is 4.79 Å². The van der Waals surface area contributed by atoms with Gasteiger partial charge in [-0.25, -0.2) is 4.79 Å². The lowest BCUT2D eigenvalue weighted by Gasteiger charge is -2.34. The highest BCUT2D eigenvalue weighted by atomic mass is 32.2. The van der Waals surface area contributed by atoms with Gasteiger partial charge in [-0.2, -0.15) is 0 Å². The number of carbonyl (C=O) groups excluding carboxylic acids is 3. The predicted molar refractivity (Wildman–Crippen MR) is 111 cm³/mol. The van der Waals surface area contributed by atoms with Gasteiger partial charge in [0.1, 0.15) is 0 Å². The second-order valence-corrected chi connectivity index (χ2v) is 8.54. The lowest BCUT2D eigenvalue weighted by atomic mass is 9.96. The number of anilines is 1. The first-order chi connectivity index (χ1) is 13.4. The van der Waals surface area contributed by atoms with Gasteiger partial charge in [0.15, 0.2) is 0 Å². The minimum Gasteiger partial charge on any atom is -0.339 e. The molecule has 28 heavy (non-hydrogen) atoms. The van der Waals surface area contributed by atoms with Crippen LogP contribution in [0.1, 0.15) is 25.7 Å². The van der Waals surface area contributed by atoms with Crippen molar-refractivity contribution in [3.05, 3.63) is 24.3 Å². The van der Waals surface area contributed by atoms with E-state index in [0.29, 0.717) is 25.9 Å². The van der Waals surface area contributed by atoms with Crippen LogP contribution in [0.4, 0.5) is 15.3 Å². The van der Waals surface area contributed by atoms with Crippen molar-refractivity contribution in [2.24, 2.45) is 5.92 Å². The van der Waals surface area contributed by atoms with Crippen LogP contribution in [0.15, 0.2) is 29.2 Å². The largest absolute Gasteiger partial charge is 0.339 e. The van der Waals surface area contributed by atoms with Crippen LogP contribution < -0.4 is 5.32 Å². The smallest absolute Gasteiger partial charge is 0.319 e. The lowest BCUT2D eigenvalue weighted by molar-refractivity contribution is -0.121. The molecule has 152 valence electrons. The Morgan fingerprint density at radius 3 is 2.11 bits per heavy atom. The molecule has 2 aliphatic rings. The zero-order chi connectivity index (χ0) is 20.1. The maximum Gasteiger partial charge on any atom is 0.319 e. The van der Waals surface area contributed by atoms with Crippen molar-refractivity contribution in [1.29, 1.82) is 0 Å². The maximum atomic E-state index is 12.6. The minimum atomic E-state index is -0.0769. The summed E-state index contributed by atoms with van der Waals surface area (Å²) in [5, 5.41) is 2.92. The quantitative estimate of drug-likeness (QED) is 0.785. The van der Waals surface area contributed by atoms with Gasteiger partial charge < -0.3 is 20.0 Å². The molecule has 0 radical (unpaired) electrons. The molecule has 0 spiro atoms. The zero-order valence-electron chi connectivity index (χ0n) is 16.5. The molecule has 1 aromatic rings. The van der Waals surface area contributed by atoms with Crippen LogP contribution in [0, 0.1) is 5.92 Å². The molecule has 0 bridgehead atoms. The van der Waals surface area contributed by atoms with E-state index < -0.39 is 0 Å². The predicted octanol–water partition coefficient (Wildman–Crippen LogP) is 3.33. The fourth-order valence-electron chi connectivity index (χ4n) is 3.48. The molecule has 1 aromatic carbocycles. The molecule has 0 aliphatic carbocycles. The molecule has 0 unspecified atom stereocenters. The summed E-state index contributed by atoms with van der Waals surface area (Å²) < 4.78 is 0. The van der Waals surface area contributed by atoms with Gasteiger partial charge in [-0.05, 0) is 61.7 Å². The number of urea groups is 1. The van der Waals surface area contributed by atoms with Gasteiger partial charge in [-0.15, -0.1) is 0 Å². The van der Waals surface area contributed by atoms with Gasteiger partial charge in [0.2, 0.25) is 5.91 Å². The van der Waals surface area contributed by atoms with E-state index in [2.05, 4.69) is 5.32 Å². The third-order valence-electron chi connectivity index (χ3n) is 5.21. The second-order valence-electron chi connectivity index (χ2n) is 7.51. The van der Waals surface area contributed by atoms with Gasteiger partial charge in [-0.3, -0.25) is 9.59 Å². The van der Waals surface area contributed by atoms with Gasteiger partial charge in [0.05, 0.1) is 0 Å². The van der Waals surface area contributed by atoms with Crippen LogP contribution >= 0.6 is 11.8 Å². The Balaban J connectivity index is 1.46. The molecule has 0 atom stereocenters. The van der Waals surface area contributed by atoms with Gasteiger partial charge in [0.25, 0.3) is 5.24 Å². The monoisotopic (exact) mass is 404 g/mol. The molecule has 2 fully saturated rings. The van der Waals surface area contributed by atoms with Crippen molar-refractivity contribution in [3.8, 4) is 0 Å². The standard InChI is InChI=1S/C20H28N4O3S/c1-22(2)20(27)28-17-7-5-16(6-8-17)21-18(25)15-9-13-24(14-10-15)19(26)23-11-3-4-12-23/h5-8,15H,3-4,9-14H2,1-2H3,(H,21,25). The summed E-state index contributed by atoms with van der Waals surface area (Å²) >= 11 is 1.15.